The predicted molar refractivity (Wildman–Crippen MR) is 62.2 cm³/mol. The molecule has 0 spiro atoms. The van der Waals surface area contributed by atoms with Crippen LogP contribution in [0, 0.1) is 0 Å². The van der Waals surface area contributed by atoms with Gasteiger partial charge in [0.25, 0.3) is 0 Å². The van der Waals surface area contributed by atoms with Gasteiger partial charge in [-0.05, 0) is 0 Å². The number of rotatable bonds is 2. The Kier molecular flexibility index (Phi) is 4.65. The molecule has 0 aliphatic carbocycles. The van der Waals surface area contributed by atoms with E-state index in [-0.39, 0.29) is 0 Å². The minimum absolute atomic E-state index is 0.716. The summed E-state index contributed by atoms with van der Waals surface area (Å²) in [6.07, 6.45) is -8.74. The Bertz CT molecular complexity index is 540. The molecule has 21 heavy (non-hydrogen) atoms. The monoisotopic (exact) mass is 492 g/mol. The van der Waals surface area contributed by atoms with Gasteiger partial charge in [-0.25, -0.2) is 0 Å². The van der Waals surface area contributed by atoms with Crippen LogP contribution >= 0.6 is 0 Å². The average Bonchev–Trinajstić information content (AvgIpc) is 2.38. The number of alkyl halides is 6. The second kappa shape index (κ2) is 5.98. The van der Waals surface area contributed by atoms with Crippen LogP contribution in [0.25, 0.3) is 0 Å². The van der Waals surface area contributed by atoms with Gasteiger partial charge in [-0.2, -0.15) is 0 Å². The van der Waals surface area contributed by atoms with E-state index in [2.05, 4.69) is 0 Å². The van der Waals surface area contributed by atoms with Crippen LogP contribution in [0.1, 0.15) is 11.1 Å². The van der Waals surface area contributed by atoms with Crippen molar-refractivity contribution in [1.82, 2.24) is 0 Å². The number of hydrogen-bond acceptors (Lipinski definition) is 0. The van der Waals surface area contributed by atoms with E-state index in [0.29, 0.717) is 0 Å². The van der Waals surface area contributed by atoms with Crippen molar-refractivity contribution in [2.45, 2.75) is 12.4 Å². The molecule has 0 saturated carbocycles. The Morgan fingerprint density at radius 2 is 0.810 bits per heavy atom. The second-order valence-electron chi connectivity index (χ2n) is 4.57. The van der Waals surface area contributed by atoms with Gasteiger partial charge in [-0.1, -0.05) is 0 Å². The first-order valence-corrected chi connectivity index (χ1v) is 11.5. The summed E-state index contributed by atoms with van der Waals surface area (Å²) < 4.78 is 76.1. The van der Waals surface area contributed by atoms with Gasteiger partial charge in [0, 0.05) is 0 Å². The van der Waals surface area contributed by atoms with E-state index < -0.39 is 48.1 Å². The molecule has 0 radical (unpaired) electrons. The Morgan fingerprint density at radius 3 is 1.05 bits per heavy atom. The molecule has 0 aromatic heterocycles. The Morgan fingerprint density at radius 1 is 0.524 bits per heavy atom. The van der Waals surface area contributed by atoms with Crippen molar-refractivity contribution in [3.05, 3.63) is 59.7 Å². The van der Waals surface area contributed by atoms with E-state index in [1.54, 1.807) is 0 Å². The van der Waals surface area contributed by atoms with Crippen molar-refractivity contribution >= 4 is 6.14 Å². The summed E-state index contributed by atoms with van der Waals surface area (Å²) in [6.45, 7) is 0. The summed E-state index contributed by atoms with van der Waals surface area (Å²) in [4.78, 5) is 0. The van der Waals surface area contributed by atoms with E-state index in [0.717, 1.165) is 30.4 Å². The third-order valence-electron chi connectivity index (χ3n) is 2.97. The first-order valence-electron chi connectivity index (χ1n) is 5.98. The molecule has 0 atom stereocenters. The maximum absolute atomic E-state index is 12.4. The van der Waals surface area contributed by atoms with Gasteiger partial charge in [-0.3, -0.25) is 0 Å². The Hall–Kier alpha value is -1.04. The summed E-state index contributed by atoms with van der Waals surface area (Å²) in [5, 5.41) is 0. The third kappa shape index (κ3) is 4.46. The predicted octanol–water partition coefficient (Wildman–Crippen LogP) is 3.76. The van der Waals surface area contributed by atoms with Crippen LogP contribution in [-0.4, -0.2) is 0 Å². The number of halogens is 6. The van der Waals surface area contributed by atoms with Crippen molar-refractivity contribution in [3.8, 4) is 0 Å². The average molecular weight is 491 g/mol. The quantitative estimate of drug-likeness (QED) is 0.444. The third-order valence-corrected chi connectivity index (χ3v) is 9.81. The fraction of sp³-hybridized carbons (Fsp3) is 0.143. The molecule has 0 aliphatic rings. The standard InChI is InChI=1S/2C7H4F3.Hg/c2*8-7(9,10)6-4-2-1-3-5-6;/h2*2-5H;. The van der Waals surface area contributed by atoms with Gasteiger partial charge < -0.3 is 0 Å². The molecule has 7 heteroatoms. The van der Waals surface area contributed by atoms with Gasteiger partial charge in [0.2, 0.25) is 0 Å². The molecule has 0 N–H and O–H groups in total. The summed E-state index contributed by atoms with van der Waals surface area (Å²) in [6, 6.07) is 9.73. The fourth-order valence-electron chi connectivity index (χ4n) is 1.86. The van der Waals surface area contributed by atoms with Crippen molar-refractivity contribution in [2.24, 2.45) is 0 Å². The van der Waals surface area contributed by atoms with Gasteiger partial charge in [0.1, 0.15) is 0 Å². The first-order chi connectivity index (χ1) is 9.66. The van der Waals surface area contributed by atoms with Gasteiger partial charge in [0.15, 0.2) is 0 Å². The zero-order chi connectivity index (χ0) is 15.7. The molecule has 0 unspecified atom stereocenters. The summed E-state index contributed by atoms with van der Waals surface area (Å²) in [5.41, 5.74) is -1.43. The zero-order valence-corrected chi connectivity index (χ0v) is 16.1. The molecular weight excluding hydrogens is 483 g/mol. The molecule has 0 heterocycles. The second-order valence-corrected chi connectivity index (χ2v) is 12.3. The molecule has 0 bridgehead atoms. The molecule has 2 aromatic carbocycles. The van der Waals surface area contributed by atoms with Crippen LogP contribution in [0.15, 0.2) is 48.5 Å². The number of benzene rings is 2. The van der Waals surface area contributed by atoms with Gasteiger partial charge >= 0.3 is 129 Å². The van der Waals surface area contributed by atoms with Crippen LogP contribution in [-0.2, 0) is 36.9 Å². The van der Waals surface area contributed by atoms with Crippen molar-refractivity contribution in [3.63, 3.8) is 0 Å². The van der Waals surface area contributed by atoms with Crippen molar-refractivity contribution in [2.75, 3.05) is 0 Å². The van der Waals surface area contributed by atoms with Crippen LogP contribution < -0.4 is 6.14 Å². The molecule has 0 fully saturated rings. The number of hydrogen-bond donors (Lipinski definition) is 0. The molecule has 2 rings (SSSR count). The minimum atomic E-state index is -4.37. The summed E-state index contributed by atoms with van der Waals surface area (Å²) in [5.74, 6) is 0. The Labute approximate surface area is 129 Å². The van der Waals surface area contributed by atoms with E-state index >= 15 is 0 Å². The van der Waals surface area contributed by atoms with Crippen LogP contribution in [0.5, 0.6) is 0 Å². The molecule has 0 nitrogen and oxygen atoms in total. The molecule has 0 amide bonds. The van der Waals surface area contributed by atoms with E-state index in [9.17, 15) is 26.3 Å². The Balaban J connectivity index is 2.12. The van der Waals surface area contributed by atoms with Gasteiger partial charge in [-0.15, -0.1) is 0 Å². The normalized spacial score (nSPS) is 12.1. The summed E-state index contributed by atoms with van der Waals surface area (Å²) in [7, 11) is 0. The molecular formula is C14H8F6Hg. The molecule has 0 saturated heterocycles. The summed E-state index contributed by atoms with van der Waals surface area (Å²) >= 11 is -1.91. The zero-order valence-electron chi connectivity index (χ0n) is 10.6. The molecule has 2 aromatic rings. The van der Waals surface area contributed by atoms with Crippen LogP contribution in [0.3, 0.4) is 0 Å². The van der Waals surface area contributed by atoms with Crippen molar-refractivity contribution < 1.29 is 50.9 Å². The molecule has 108 valence electrons. The van der Waals surface area contributed by atoms with E-state index in [1.807, 2.05) is 0 Å². The van der Waals surface area contributed by atoms with Gasteiger partial charge in [0.05, 0.1) is 0 Å². The van der Waals surface area contributed by atoms with E-state index in [1.165, 1.54) is 24.3 Å². The van der Waals surface area contributed by atoms with Crippen LogP contribution in [0.2, 0.25) is 0 Å². The van der Waals surface area contributed by atoms with Crippen molar-refractivity contribution in [1.29, 1.82) is 0 Å². The maximum atomic E-state index is 12.4. The topological polar surface area (TPSA) is 0 Å². The first kappa shape index (κ1) is 16.3. The van der Waals surface area contributed by atoms with Crippen LogP contribution in [0.4, 0.5) is 26.3 Å². The molecule has 0 aliphatic heterocycles. The SMILES string of the molecule is FC(F)(F)c1cc[c]([Hg][c]2ccc(C(F)(F)F)cc2)cc1. The van der Waals surface area contributed by atoms with E-state index in [4.69, 9.17) is 0 Å². The fourth-order valence-corrected chi connectivity index (χ4v) is 7.36.